The second kappa shape index (κ2) is 8.12. The maximum Gasteiger partial charge on any atom is 0.236 e. The highest BCUT2D eigenvalue weighted by atomic mass is 35.5. The maximum atomic E-state index is 14.5. The normalized spacial score (nSPS) is 23.8. The first-order valence-corrected chi connectivity index (χ1v) is 12.1. The Morgan fingerprint density at radius 3 is 2.62 bits per heavy atom. The van der Waals surface area contributed by atoms with Gasteiger partial charge in [0.2, 0.25) is 23.1 Å². The molecule has 3 aliphatic rings. The van der Waals surface area contributed by atoms with Crippen molar-refractivity contribution in [2.45, 2.75) is 25.0 Å². The zero-order chi connectivity index (χ0) is 26.2. The largest absolute Gasteiger partial charge is 0.506 e. The number of benzene rings is 2. The molecular weight excluding hydrogens is 523 g/mol. The fraction of sp³-hybridized carbons (Fsp3) is 0.280. The lowest BCUT2D eigenvalue weighted by Gasteiger charge is -2.41. The molecule has 0 saturated carbocycles. The SMILES string of the molecule is COc1cc(OC)c2c(c1Cl)O[C@@]1(C(=O)C3=C(C[C@H]1C)Nc1ncnn1[C@H]3c1ccc(O)c(Cl)c1)C2=O. The van der Waals surface area contributed by atoms with Gasteiger partial charge in [-0.1, -0.05) is 36.2 Å². The first-order chi connectivity index (χ1) is 17.7. The number of hydrogen-bond donors (Lipinski definition) is 2. The van der Waals surface area contributed by atoms with Gasteiger partial charge >= 0.3 is 0 Å². The number of rotatable bonds is 3. The van der Waals surface area contributed by atoms with Crippen molar-refractivity contribution < 1.29 is 28.9 Å². The van der Waals surface area contributed by atoms with Gasteiger partial charge in [0, 0.05) is 23.3 Å². The quantitative estimate of drug-likeness (QED) is 0.468. The van der Waals surface area contributed by atoms with E-state index in [1.807, 2.05) is 0 Å². The number of nitrogens with one attached hydrogen (secondary N) is 1. The van der Waals surface area contributed by atoms with Crippen LogP contribution in [0.15, 0.2) is 41.9 Å². The number of allylic oxidation sites excluding steroid dienone is 1. The smallest absolute Gasteiger partial charge is 0.236 e. The van der Waals surface area contributed by atoms with Crippen LogP contribution in [0.3, 0.4) is 0 Å². The Kier molecular flexibility index (Phi) is 5.19. The van der Waals surface area contributed by atoms with Gasteiger partial charge < -0.3 is 24.6 Å². The zero-order valence-corrected chi connectivity index (χ0v) is 21.3. The molecule has 0 unspecified atom stereocenters. The number of phenolic OH excluding ortho intramolecular Hbond substituents is 1. The number of Topliss-reactive ketones (excluding diaryl/α,β-unsaturated/α-hetero) is 2. The number of carbonyl (C=O) groups is 2. The minimum Gasteiger partial charge on any atom is -0.506 e. The molecule has 2 N–H and O–H groups in total. The Morgan fingerprint density at radius 2 is 1.92 bits per heavy atom. The molecule has 190 valence electrons. The number of hydrogen-bond acceptors (Lipinski definition) is 9. The molecule has 0 radical (unpaired) electrons. The Hall–Kier alpha value is -3.76. The highest BCUT2D eigenvalue weighted by molar-refractivity contribution is 6.36. The van der Waals surface area contributed by atoms with Crippen LogP contribution >= 0.6 is 23.2 Å². The first kappa shape index (κ1) is 23.6. The van der Waals surface area contributed by atoms with Crippen molar-refractivity contribution in [3.8, 4) is 23.0 Å². The Balaban J connectivity index is 1.54. The number of aromatic nitrogens is 3. The van der Waals surface area contributed by atoms with Crippen molar-refractivity contribution in [1.82, 2.24) is 14.8 Å². The molecule has 12 heteroatoms. The van der Waals surface area contributed by atoms with Crippen LogP contribution in [0.4, 0.5) is 5.95 Å². The third kappa shape index (κ3) is 3.05. The maximum absolute atomic E-state index is 14.5. The molecule has 37 heavy (non-hydrogen) atoms. The predicted molar refractivity (Wildman–Crippen MR) is 133 cm³/mol. The average Bonchev–Trinajstić information content (AvgIpc) is 3.47. The zero-order valence-electron chi connectivity index (χ0n) is 19.8. The summed E-state index contributed by atoms with van der Waals surface area (Å²) in [6.45, 7) is 1.77. The van der Waals surface area contributed by atoms with Crippen molar-refractivity contribution in [2.75, 3.05) is 19.5 Å². The third-order valence-electron chi connectivity index (χ3n) is 7.17. The lowest BCUT2D eigenvalue weighted by molar-refractivity contribution is -0.130. The molecule has 3 heterocycles. The van der Waals surface area contributed by atoms with E-state index >= 15 is 0 Å². The first-order valence-electron chi connectivity index (χ1n) is 11.3. The lowest BCUT2D eigenvalue weighted by Crippen LogP contribution is -2.58. The summed E-state index contributed by atoms with van der Waals surface area (Å²) in [4.78, 5) is 32.9. The van der Waals surface area contributed by atoms with Crippen molar-refractivity contribution in [3.63, 3.8) is 0 Å². The van der Waals surface area contributed by atoms with Gasteiger partial charge in [-0.05, 0) is 24.1 Å². The van der Waals surface area contributed by atoms with E-state index < -0.39 is 29.1 Å². The molecule has 6 rings (SSSR count). The van der Waals surface area contributed by atoms with Gasteiger partial charge in [-0.3, -0.25) is 9.59 Å². The number of ether oxygens (including phenoxy) is 3. The van der Waals surface area contributed by atoms with E-state index in [4.69, 9.17) is 37.4 Å². The van der Waals surface area contributed by atoms with Gasteiger partial charge in [0.15, 0.2) is 5.75 Å². The highest BCUT2D eigenvalue weighted by Crippen LogP contribution is 2.55. The van der Waals surface area contributed by atoms with Crippen LogP contribution in [0.2, 0.25) is 10.0 Å². The number of methoxy groups -OCH3 is 2. The van der Waals surface area contributed by atoms with E-state index in [9.17, 15) is 14.7 Å². The monoisotopic (exact) mass is 542 g/mol. The second-order valence-corrected chi connectivity index (χ2v) is 9.84. The van der Waals surface area contributed by atoms with Gasteiger partial charge in [0.05, 0.1) is 19.2 Å². The van der Waals surface area contributed by atoms with Gasteiger partial charge in [-0.25, -0.2) is 4.68 Å². The topological polar surface area (TPSA) is 125 Å². The van der Waals surface area contributed by atoms with E-state index in [1.165, 1.54) is 37.4 Å². The number of nitrogens with zero attached hydrogens (tertiary/aromatic N) is 3. The van der Waals surface area contributed by atoms with Crippen LogP contribution < -0.4 is 19.5 Å². The number of halogens is 2. The predicted octanol–water partition coefficient (Wildman–Crippen LogP) is 4.20. The Labute approximate surface area is 220 Å². The highest BCUT2D eigenvalue weighted by Gasteiger charge is 2.63. The molecule has 2 aromatic carbocycles. The molecule has 10 nitrogen and oxygen atoms in total. The van der Waals surface area contributed by atoms with Gasteiger partial charge in [0.25, 0.3) is 0 Å². The van der Waals surface area contributed by atoms with Gasteiger partial charge in [-0.15, -0.1) is 0 Å². The Morgan fingerprint density at radius 1 is 1.16 bits per heavy atom. The van der Waals surface area contributed by atoms with Crippen LogP contribution in [-0.2, 0) is 4.79 Å². The molecule has 1 spiro atoms. The number of aromatic hydroxyl groups is 1. The molecule has 2 aliphatic heterocycles. The van der Waals surface area contributed by atoms with Crippen LogP contribution in [0.25, 0.3) is 0 Å². The van der Waals surface area contributed by atoms with Gasteiger partial charge in [-0.2, -0.15) is 10.1 Å². The number of ketones is 2. The summed E-state index contributed by atoms with van der Waals surface area (Å²) in [7, 11) is 2.84. The van der Waals surface area contributed by atoms with Crippen LogP contribution in [0.5, 0.6) is 23.0 Å². The summed E-state index contributed by atoms with van der Waals surface area (Å²) in [6.07, 6.45) is 1.66. The Bertz CT molecular complexity index is 1550. The van der Waals surface area contributed by atoms with Crippen molar-refractivity contribution in [1.29, 1.82) is 0 Å². The standard InChI is InChI=1S/C25H20Cl2N4O6/c1-10-6-13-17(20(31-24(30-13)28-9-29-31)11-4-5-14(32)12(26)7-11)22(33)25(10)23(34)18-15(35-2)8-16(36-3)19(27)21(18)37-25/h4-5,7-10,20,32H,6H2,1-3H3,(H,28,29,30)/t10-,20+,25+/m1/s1. The molecule has 0 amide bonds. The number of anilines is 1. The van der Waals surface area contributed by atoms with E-state index in [2.05, 4.69) is 15.4 Å². The van der Waals surface area contributed by atoms with Crippen molar-refractivity contribution >= 4 is 40.7 Å². The van der Waals surface area contributed by atoms with Crippen LogP contribution in [-0.4, -0.2) is 51.3 Å². The minimum absolute atomic E-state index is 0.0431. The van der Waals surface area contributed by atoms with Crippen LogP contribution in [0.1, 0.15) is 35.3 Å². The van der Waals surface area contributed by atoms with Crippen LogP contribution in [0, 0.1) is 5.92 Å². The number of fused-ring (bicyclic) bond motifs is 2. The summed E-state index contributed by atoms with van der Waals surface area (Å²) in [5, 5.41) is 17.7. The molecule has 1 aliphatic carbocycles. The minimum atomic E-state index is -1.89. The average molecular weight is 543 g/mol. The molecule has 0 fully saturated rings. The third-order valence-corrected chi connectivity index (χ3v) is 7.83. The molecule has 0 saturated heterocycles. The molecule has 0 bridgehead atoms. The van der Waals surface area contributed by atoms with Crippen molar-refractivity contribution in [2.24, 2.45) is 5.92 Å². The molecular formula is C25H20Cl2N4O6. The van der Waals surface area contributed by atoms with E-state index in [1.54, 1.807) is 19.1 Å². The molecule has 3 aromatic rings. The number of carbonyl (C=O) groups excluding carboxylic acids is 2. The lowest BCUT2D eigenvalue weighted by atomic mass is 9.69. The molecule has 1 aromatic heterocycles. The summed E-state index contributed by atoms with van der Waals surface area (Å²) in [6, 6.07) is 5.34. The van der Waals surface area contributed by atoms with E-state index in [0.717, 1.165) is 0 Å². The van der Waals surface area contributed by atoms with E-state index in [-0.39, 0.29) is 44.2 Å². The summed E-state index contributed by atoms with van der Waals surface area (Å²) >= 11 is 12.8. The molecule has 3 atom stereocenters. The van der Waals surface area contributed by atoms with Gasteiger partial charge in [0.1, 0.15) is 40.2 Å². The fourth-order valence-corrected chi connectivity index (χ4v) is 5.84. The second-order valence-electron chi connectivity index (χ2n) is 9.06. The summed E-state index contributed by atoms with van der Waals surface area (Å²) in [5.41, 5.74) is -0.348. The summed E-state index contributed by atoms with van der Waals surface area (Å²) in [5.74, 6) is -0.838. The van der Waals surface area contributed by atoms with Crippen molar-refractivity contribution in [3.05, 3.63) is 63.0 Å². The summed E-state index contributed by atoms with van der Waals surface area (Å²) < 4.78 is 18.6. The van der Waals surface area contributed by atoms with E-state index in [0.29, 0.717) is 23.6 Å². The number of phenols is 1. The fourth-order valence-electron chi connectivity index (χ4n) is 5.39.